The molecular formula is C25H24ClF3N2O. The molecule has 0 bridgehead atoms. The van der Waals surface area contributed by atoms with Crippen LogP contribution >= 0.6 is 11.6 Å². The van der Waals surface area contributed by atoms with Crippen LogP contribution in [0.25, 0.3) is 0 Å². The number of rotatable bonds is 6. The molecule has 32 heavy (non-hydrogen) atoms. The standard InChI is InChI=1S/C25H24ClF3N2O/c26-22-9-6-19(7-10-22)23-16-31(15-18-4-2-1-3-5-18)13-12-20(23)17-32-24-11-8-21(14-30-24)25(27,28)29/h1-11,14,20,23H,12-13,15-17H2. The average molecular weight is 461 g/mol. The largest absolute Gasteiger partial charge is 0.477 e. The van der Waals surface area contributed by atoms with E-state index < -0.39 is 11.7 Å². The molecule has 2 heterocycles. The van der Waals surface area contributed by atoms with Crippen LogP contribution in [0.15, 0.2) is 72.9 Å². The number of nitrogens with zero attached hydrogens (tertiary/aromatic N) is 2. The third-order valence-electron chi connectivity index (χ3n) is 5.90. The molecule has 2 atom stereocenters. The molecule has 7 heteroatoms. The number of benzene rings is 2. The number of hydrogen-bond acceptors (Lipinski definition) is 3. The summed E-state index contributed by atoms with van der Waals surface area (Å²) >= 11 is 6.09. The molecule has 0 amide bonds. The van der Waals surface area contributed by atoms with E-state index in [4.69, 9.17) is 16.3 Å². The average Bonchev–Trinajstić information content (AvgIpc) is 2.79. The van der Waals surface area contributed by atoms with Crippen molar-refractivity contribution in [3.8, 4) is 5.88 Å². The fourth-order valence-electron chi connectivity index (χ4n) is 4.17. The summed E-state index contributed by atoms with van der Waals surface area (Å²) in [6, 6.07) is 20.5. The molecule has 0 radical (unpaired) electrons. The molecule has 3 aromatic rings. The number of piperidine rings is 1. The quantitative estimate of drug-likeness (QED) is 0.423. The number of ether oxygens (including phenoxy) is 1. The molecule has 168 valence electrons. The van der Waals surface area contributed by atoms with Gasteiger partial charge in [0, 0.05) is 42.2 Å². The lowest BCUT2D eigenvalue weighted by Gasteiger charge is -2.39. The van der Waals surface area contributed by atoms with Gasteiger partial charge in [0.1, 0.15) is 0 Å². The molecule has 0 spiro atoms. The van der Waals surface area contributed by atoms with Crippen LogP contribution in [0.5, 0.6) is 5.88 Å². The highest BCUT2D eigenvalue weighted by Gasteiger charge is 2.32. The van der Waals surface area contributed by atoms with Gasteiger partial charge in [0.15, 0.2) is 0 Å². The van der Waals surface area contributed by atoms with Gasteiger partial charge < -0.3 is 4.74 Å². The summed E-state index contributed by atoms with van der Waals surface area (Å²) < 4.78 is 44.1. The molecular weight excluding hydrogens is 437 g/mol. The van der Waals surface area contributed by atoms with Gasteiger partial charge in [0.2, 0.25) is 5.88 Å². The Morgan fingerprint density at radius 2 is 1.75 bits per heavy atom. The van der Waals surface area contributed by atoms with Gasteiger partial charge in [-0.05, 0) is 42.3 Å². The van der Waals surface area contributed by atoms with Crippen molar-refractivity contribution in [2.24, 2.45) is 5.92 Å². The third kappa shape index (κ3) is 5.81. The van der Waals surface area contributed by atoms with E-state index in [2.05, 4.69) is 22.0 Å². The Labute approximate surface area is 190 Å². The van der Waals surface area contributed by atoms with E-state index in [1.54, 1.807) is 0 Å². The first-order valence-corrected chi connectivity index (χ1v) is 10.9. The van der Waals surface area contributed by atoms with Crippen molar-refractivity contribution in [2.45, 2.75) is 25.1 Å². The molecule has 3 nitrogen and oxygen atoms in total. The highest BCUT2D eigenvalue weighted by molar-refractivity contribution is 6.30. The van der Waals surface area contributed by atoms with Crippen molar-refractivity contribution in [3.05, 3.63) is 94.6 Å². The molecule has 0 N–H and O–H groups in total. The highest BCUT2D eigenvalue weighted by Crippen LogP contribution is 2.34. The molecule has 1 aliphatic rings. The third-order valence-corrected chi connectivity index (χ3v) is 6.15. The zero-order chi connectivity index (χ0) is 22.6. The second kappa shape index (κ2) is 9.92. The number of hydrogen-bond donors (Lipinski definition) is 0. The molecule has 1 saturated heterocycles. The Morgan fingerprint density at radius 3 is 2.41 bits per heavy atom. The Hall–Kier alpha value is -2.57. The first-order valence-electron chi connectivity index (χ1n) is 10.6. The van der Waals surface area contributed by atoms with Crippen molar-refractivity contribution < 1.29 is 17.9 Å². The Bertz CT molecular complexity index is 994. The van der Waals surface area contributed by atoms with Crippen LogP contribution in [0.4, 0.5) is 13.2 Å². The molecule has 0 saturated carbocycles. The number of alkyl halides is 3. The van der Waals surface area contributed by atoms with E-state index >= 15 is 0 Å². The predicted molar refractivity (Wildman–Crippen MR) is 119 cm³/mol. The zero-order valence-electron chi connectivity index (χ0n) is 17.4. The van der Waals surface area contributed by atoms with Gasteiger partial charge in [0.25, 0.3) is 0 Å². The molecule has 1 aromatic heterocycles. The fraction of sp³-hybridized carbons (Fsp3) is 0.320. The topological polar surface area (TPSA) is 25.4 Å². The Kier molecular flexibility index (Phi) is 7.01. The van der Waals surface area contributed by atoms with E-state index in [-0.39, 0.29) is 17.7 Å². The molecule has 2 unspecified atom stereocenters. The second-order valence-electron chi connectivity index (χ2n) is 8.12. The monoisotopic (exact) mass is 460 g/mol. The van der Waals surface area contributed by atoms with Crippen LogP contribution in [0.3, 0.4) is 0 Å². The minimum Gasteiger partial charge on any atom is -0.477 e. The van der Waals surface area contributed by atoms with Crippen LogP contribution in [-0.4, -0.2) is 29.6 Å². The Morgan fingerprint density at radius 1 is 1.00 bits per heavy atom. The summed E-state index contributed by atoms with van der Waals surface area (Å²) in [5.41, 5.74) is 1.67. The maximum Gasteiger partial charge on any atom is 0.417 e. The van der Waals surface area contributed by atoms with Crippen LogP contribution in [0, 0.1) is 5.92 Å². The first-order chi connectivity index (χ1) is 15.4. The van der Waals surface area contributed by atoms with E-state index in [0.717, 1.165) is 38.3 Å². The van der Waals surface area contributed by atoms with Crippen LogP contribution < -0.4 is 4.74 Å². The van der Waals surface area contributed by atoms with Crippen molar-refractivity contribution in [3.63, 3.8) is 0 Å². The smallest absolute Gasteiger partial charge is 0.417 e. The van der Waals surface area contributed by atoms with Crippen molar-refractivity contribution in [2.75, 3.05) is 19.7 Å². The maximum atomic E-state index is 12.8. The van der Waals surface area contributed by atoms with Crippen LogP contribution in [0.2, 0.25) is 5.02 Å². The normalized spacial score (nSPS) is 19.6. The molecule has 1 fully saturated rings. The summed E-state index contributed by atoms with van der Waals surface area (Å²) in [5, 5.41) is 0.687. The first kappa shape index (κ1) is 22.6. The minimum atomic E-state index is -4.41. The minimum absolute atomic E-state index is 0.208. The lowest BCUT2D eigenvalue weighted by molar-refractivity contribution is -0.137. The van der Waals surface area contributed by atoms with E-state index in [0.29, 0.717) is 11.6 Å². The predicted octanol–water partition coefficient (Wildman–Crippen LogP) is 6.44. The fourth-order valence-corrected chi connectivity index (χ4v) is 4.29. The molecule has 1 aliphatic heterocycles. The van der Waals surface area contributed by atoms with E-state index in [1.807, 2.05) is 42.5 Å². The number of halogens is 4. The number of aromatic nitrogens is 1. The SMILES string of the molecule is FC(F)(F)c1ccc(OCC2CCN(Cc3ccccc3)CC2c2ccc(Cl)cc2)nc1. The summed E-state index contributed by atoms with van der Waals surface area (Å²) in [6.45, 7) is 3.06. The van der Waals surface area contributed by atoms with E-state index in [9.17, 15) is 13.2 Å². The number of pyridine rings is 1. The number of likely N-dealkylation sites (tertiary alicyclic amines) is 1. The van der Waals surface area contributed by atoms with Crippen LogP contribution in [-0.2, 0) is 12.7 Å². The van der Waals surface area contributed by atoms with Gasteiger partial charge in [-0.25, -0.2) is 4.98 Å². The van der Waals surface area contributed by atoms with Crippen LogP contribution in [0.1, 0.15) is 29.0 Å². The zero-order valence-corrected chi connectivity index (χ0v) is 18.2. The van der Waals surface area contributed by atoms with Gasteiger partial charge in [-0.15, -0.1) is 0 Å². The highest BCUT2D eigenvalue weighted by atomic mass is 35.5. The van der Waals surface area contributed by atoms with Crippen molar-refractivity contribution in [1.82, 2.24) is 9.88 Å². The maximum absolute atomic E-state index is 12.8. The van der Waals surface area contributed by atoms with Crippen molar-refractivity contribution in [1.29, 1.82) is 0 Å². The van der Waals surface area contributed by atoms with Crippen molar-refractivity contribution >= 4 is 11.6 Å². The van der Waals surface area contributed by atoms with Gasteiger partial charge in [-0.1, -0.05) is 54.1 Å². The molecule has 2 aromatic carbocycles. The molecule has 4 rings (SSSR count). The molecule has 0 aliphatic carbocycles. The van der Waals surface area contributed by atoms with E-state index in [1.165, 1.54) is 17.2 Å². The lowest BCUT2D eigenvalue weighted by Crippen LogP contribution is -2.40. The summed E-state index contributed by atoms with van der Waals surface area (Å²) in [5.74, 6) is 0.644. The van der Waals surface area contributed by atoms with Gasteiger partial charge in [0.05, 0.1) is 12.2 Å². The lowest BCUT2D eigenvalue weighted by atomic mass is 9.81. The summed E-state index contributed by atoms with van der Waals surface area (Å²) in [4.78, 5) is 6.27. The summed E-state index contributed by atoms with van der Waals surface area (Å²) in [7, 11) is 0. The van der Waals surface area contributed by atoms with Gasteiger partial charge in [-0.3, -0.25) is 4.90 Å². The van der Waals surface area contributed by atoms with Gasteiger partial charge in [-0.2, -0.15) is 13.2 Å². The Balaban J connectivity index is 1.45. The summed E-state index contributed by atoms with van der Waals surface area (Å²) in [6.07, 6.45) is -2.67. The van der Waals surface area contributed by atoms with Gasteiger partial charge >= 0.3 is 6.18 Å². The second-order valence-corrected chi connectivity index (χ2v) is 8.56.